The third-order valence-electron chi connectivity index (χ3n) is 12.2. The number of nitrogens with zero attached hydrogens (tertiary/aromatic N) is 6. The highest BCUT2D eigenvalue weighted by Gasteiger charge is 2.50. The van der Waals surface area contributed by atoms with Gasteiger partial charge in [-0.15, -0.1) is 6.42 Å². The standard InChI is InChI=1S/C41H44F2N6O4/c1-2-29-32(42)10-9-27-18-28(50)19-30(34(27)29)36-35(43)37-31(20-44-36)38(47-14-5-16-52-17-15-47)46-40(45-37)53-24-41-11-3-6-33(41)48(13-4-12-41)21-25-22-49(23-25)39(51)26-7-8-26/h1,9-10,18-20,25-26,33,50H,3-8,11-17,21-24H2/t33-,41-/m1/s1. The highest BCUT2D eigenvalue weighted by molar-refractivity contribution is 6.03. The van der Waals surface area contributed by atoms with Crippen molar-refractivity contribution in [3.05, 3.63) is 47.7 Å². The SMILES string of the molecule is C#Cc1c(F)ccc2cc(O)cc(-c3ncc4c(N5CCCOCC5)nc(OC[C@]56CCC[C@H]5N(CC5CN(C(=O)C7CC7)C5)CCC6)nc4c3F)c12. The van der Waals surface area contributed by atoms with Crippen LogP contribution in [0.25, 0.3) is 32.9 Å². The van der Waals surface area contributed by atoms with Crippen molar-refractivity contribution in [2.24, 2.45) is 17.3 Å². The minimum atomic E-state index is -0.739. The summed E-state index contributed by atoms with van der Waals surface area (Å²) >= 11 is 0. The number of carbonyl (C=O) groups is 1. The summed E-state index contributed by atoms with van der Waals surface area (Å²) in [5.41, 5.74) is -0.0287. The van der Waals surface area contributed by atoms with Gasteiger partial charge >= 0.3 is 6.01 Å². The van der Waals surface area contributed by atoms with Crippen LogP contribution in [-0.2, 0) is 9.53 Å². The second-order valence-corrected chi connectivity index (χ2v) is 15.7. The number of likely N-dealkylation sites (tertiary alicyclic amines) is 2. The van der Waals surface area contributed by atoms with E-state index in [1.54, 1.807) is 0 Å². The first-order valence-electron chi connectivity index (χ1n) is 19.1. The van der Waals surface area contributed by atoms with E-state index in [1.165, 1.54) is 30.5 Å². The Labute approximate surface area is 307 Å². The first-order valence-corrected chi connectivity index (χ1v) is 19.1. The van der Waals surface area contributed by atoms with Gasteiger partial charge in [-0.25, -0.2) is 8.78 Å². The number of ether oxygens (including phenoxy) is 2. The number of halogens is 2. The molecular weight excluding hydrogens is 678 g/mol. The lowest BCUT2D eigenvalue weighted by molar-refractivity contribution is -0.140. The van der Waals surface area contributed by atoms with E-state index in [9.17, 15) is 14.3 Å². The van der Waals surface area contributed by atoms with Gasteiger partial charge in [0.25, 0.3) is 0 Å². The van der Waals surface area contributed by atoms with E-state index >= 15 is 4.39 Å². The van der Waals surface area contributed by atoms with Crippen LogP contribution in [0.3, 0.4) is 0 Å². The van der Waals surface area contributed by atoms with E-state index in [0.29, 0.717) is 67.4 Å². The molecule has 53 heavy (non-hydrogen) atoms. The molecule has 2 atom stereocenters. The molecule has 0 radical (unpaired) electrons. The largest absolute Gasteiger partial charge is 0.508 e. The summed E-state index contributed by atoms with van der Waals surface area (Å²) in [6.07, 6.45) is 15.5. The Hall–Kier alpha value is -4.60. The second kappa shape index (κ2) is 13.7. The van der Waals surface area contributed by atoms with Gasteiger partial charge in [0.15, 0.2) is 5.82 Å². The predicted molar refractivity (Wildman–Crippen MR) is 197 cm³/mol. The van der Waals surface area contributed by atoms with Crippen LogP contribution in [0.1, 0.15) is 56.9 Å². The number of hydrogen-bond acceptors (Lipinski definition) is 9. The zero-order chi connectivity index (χ0) is 36.3. The first-order chi connectivity index (χ1) is 25.8. The summed E-state index contributed by atoms with van der Waals surface area (Å²) in [5.74, 6) is 2.53. The fourth-order valence-electron chi connectivity index (χ4n) is 9.45. The zero-order valence-corrected chi connectivity index (χ0v) is 29.8. The lowest BCUT2D eigenvalue weighted by Gasteiger charge is -2.49. The van der Waals surface area contributed by atoms with Crippen LogP contribution in [0.4, 0.5) is 14.6 Å². The van der Waals surface area contributed by atoms with Gasteiger partial charge in [0.2, 0.25) is 5.91 Å². The van der Waals surface area contributed by atoms with Gasteiger partial charge in [-0.3, -0.25) is 14.7 Å². The van der Waals surface area contributed by atoms with Gasteiger partial charge in [0, 0.05) is 79.8 Å². The fraction of sp³-hybridized carbons (Fsp3) is 0.512. The Morgan fingerprint density at radius 1 is 1.06 bits per heavy atom. The van der Waals surface area contributed by atoms with Crippen molar-refractivity contribution in [1.82, 2.24) is 24.8 Å². The smallest absolute Gasteiger partial charge is 0.319 e. The van der Waals surface area contributed by atoms with E-state index in [-0.39, 0.29) is 50.8 Å². The minimum Gasteiger partial charge on any atom is -0.508 e. The van der Waals surface area contributed by atoms with Crippen molar-refractivity contribution in [3.63, 3.8) is 0 Å². The number of rotatable bonds is 8. The maximum absolute atomic E-state index is 17.0. The Morgan fingerprint density at radius 3 is 2.74 bits per heavy atom. The maximum Gasteiger partial charge on any atom is 0.319 e. The number of aromatic hydroxyl groups is 1. The lowest BCUT2D eigenvalue weighted by atomic mass is 9.75. The molecule has 5 aliphatic rings. The second-order valence-electron chi connectivity index (χ2n) is 15.7. The molecule has 0 unspecified atom stereocenters. The summed E-state index contributed by atoms with van der Waals surface area (Å²) in [6, 6.07) is 6.01. The number of benzene rings is 2. The Balaban J connectivity index is 1.05. The summed E-state index contributed by atoms with van der Waals surface area (Å²) in [6.45, 7) is 6.50. The molecule has 3 aliphatic heterocycles. The molecule has 2 aliphatic carbocycles. The van der Waals surface area contributed by atoms with Gasteiger partial charge < -0.3 is 24.4 Å². The van der Waals surface area contributed by atoms with E-state index in [1.807, 2.05) is 4.90 Å². The average molecular weight is 723 g/mol. The van der Waals surface area contributed by atoms with Crippen LogP contribution in [0.15, 0.2) is 30.5 Å². The number of phenols is 1. The predicted octanol–water partition coefficient (Wildman–Crippen LogP) is 5.92. The van der Waals surface area contributed by atoms with Crippen LogP contribution in [0.2, 0.25) is 0 Å². The van der Waals surface area contributed by atoms with Crippen LogP contribution in [0.5, 0.6) is 11.8 Å². The zero-order valence-electron chi connectivity index (χ0n) is 29.8. The maximum atomic E-state index is 17.0. The number of anilines is 1. The van der Waals surface area contributed by atoms with Crippen molar-refractivity contribution < 1.29 is 28.2 Å². The van der Waals surface area contributed by atoms with Gasteiger partial charge in [0.1, 0.15) is 28.6 Å². The number of fused-ring (bicyclic) bond motifs is 3. The molecule has 5 heterocycles. The first kappa shape index (κ1) is 34.2. The lowest BCUT2D eigenvalue weighted by Crippen LogP contribution is -2.58. The molecule has 0 bridgehead atoms. The molecule has 9 rings (SSSR count). The minimum absolute atomic E-state index is 0.0244. The van der Waals surface area contributed by atoms with Gasteiger partial charge in [-0.1, -0.05) is 18.4 Å². The van der Waals surface area contributed by atoms with Gasteiger partial charge in [0.05, 0.1) is 24.2 Å². The summed E-state index contributed by atoms with van der Waals surface area (Å²) in [7, 11) is 0. The number of pyridine rings is 1. The number of carbonyl (C=O) groups excluding carboxylic acids is 1. The molecule has 276 valence electrons. The molecule has 3 saturated heterocycles. The molecule has 0 spiro atoms. The van der Waals surface area contributed by atoms with Crippen LogP contribution < -0.4 is 9.64 Å². The van der Waals surface area contributed by atoms with Crippen molar-refractivity contribution in [1.29, 1.82) is 0 Å². The fourth-order valence-corrected chi connectivity index (χ4v) is 9.45. The van der Waals surface area contributed by atoms with Crippen LogP contribution in [0, 0.1) is 41.2 Å². The average Bonchev–Trinajstić information content (AvgIpc) is 3.95. The monoisotopic (exact) mass is 722 g/mol. The highest BCUT2D eigenvalue weighted by Crippen LogP contribution is 2.49. The van der Waals surface area contributed by atoms with Crippen LogP contribution >= 0.6 is 0 Å². The number of aromatic nitrogens is 3. The van der Waals surface area contributed by atoms with E-state index in [4.69, 9.17) is 25.9 Å². The number of phenolic OH excluding ortho intramolecular Hbond substituents is 1. The summed E-state index contributed by atoms with van der Waals surface area (Å²) in [5, 5.41) is 11.8. The Morgan fingerprint density at radius 2 is 1.91 bits per heavy atom. The molecule has 12 heteroatoms. The van der Waals surface area contributed by atoms with Crippen molar-refractivity contribution in [2.75, 3.05) is 64.0 Å². The number of terminal acetylenes is 1. The molecule has 10 nitrogen and oxygen atoms in total. The molecule has 4 aromatic rings. The van der Waals surface area contributed by atoms with Crippen molar-refractivity contribution in [2.45, 2.75) is 57.4 Å². The van der Waals surface area contributed by atoms with E-state index in [0.717, 1.165) is 77.5 Å². The van der Waals surface area contributed by atoms with E-state index < -0.39 is 11.6 Å². The molecule has 1 N–H and O–H groups in total. The third-order valence-corrected chi connectivity index (χ3v) is 12.2. The summed E-state index contributed by atoms with van der Waals surface area (Å²) in [4.78, 5) is 33.4. The topological polar surface area (TPSA) is 104 Å². The number of hydrogen-bond donors (Lipinski definition) is 1. The highest BCUT2D eigenvalue weighted by atomic mass is 19.1. The Bertz CT molecular complexity index is 2120. The molecule has 2 aromatic carbocycles. The van der Waals surface area contributed by atoms with E-state index in [2.05, 4.69) is 20.7 Å². The van der Waals surface area contributed by atoms with Crippen LogP contribution in [-0.4, -0.2) is 101 Å². The molecule has 1 amide bonds. The van der Waals surface area contributed by atoms with Crippen molar-refractivity contribution >= 4 is 33.4 Å². The molecule has 2 saturated carbocycles. The summed E-state index contributed by atoms with van der Waals surface area (Å²) < 4.78 is 44.2. The molecule has 2 aromatic heterocycles. The van der Waals surface area contributed by atoms with Crippen molar-refractivity contribution in [3.8, 4) is 35.4 Å². The van der Waals surface area contributed by atoms with Gasteiger partial charge in [-0.2, -0.15) is 9.97 Å². The number of amides is 1. The Kier molecular flexibility index (Phi) is 8.82. The quantitative estimate of drug-likeness (QED) is 0.222. The third kappa shape index (κ3) is 6.21. The van der Waals surface area contributed by atoms with Gasteiger partial charge in [-0.05, 0) is 75.1 Å². The molecule has 5 fully saturated rings. The number of piperidine rings is 1. The normalized spacial score (nSPS) is 23.8. The molecular formula is C41H44F2N6O4.